The van der Waals surface area contributed by atoms with Gasteiger partial charge in [-0.3, -0.25) is 9.59 Å². The van der Waals surface area contributed by atoms with Gasteiger partial charge in [0.05, 0.1) is 0 Å². The molecule has 130 valence electrons. The maximum Gasteiger partial charge on any atom is 0.240 e. The third-order valence-electron chi connectivity index (χ3n) is 4.39. The van der Waals surface area contributed by atoms with E-state index in [0.717, 1.165) is 17.7 Å². The van der Waals surface area contributed by atoms with Crippen molar-refractivity contribution < 1.29 is 9.59 Å². The first-order valence-corrected chi connectivity index (χ1v) is 8.87. The largest absolute Gasteiger partial charge is 0.325 e. The Bertz CT molecular complexity index is 812. The monoisotopic (exact) mass is 376 g/mol. The number of amides is 2. The van der Waals surface area contributed by atoms with Gasteiger partial charge in [-0.15, -0.1) is 0 Å². The Labute approximate surface area is 156 Å². The summed E-state index contributed by atoms with van der Waals surface area (Å²) in [7, 11) is 0. The summed E-state index contributed by atoms with van der Waals surface area (Å²) in [6.45, 7) is 2.02. The van der Waals surface area contributed by atoms with E-state index in [9.17, 15) is 9.59 Å². The molecule has 1 fully saturated rings. The molecule has 0 heterocycles. The molecule has 0 radical (unpaired) electrons. The molecule has 0 saturated heterocycles. The van der Waals surface area contributed by atoms with Crippen molar-refractivity contribution in [2.24, 2.45) is 5.41 Å². The molecule has 2 aromatic rings. The van der Waals surface area contributed by atoms with Crippen LogP contribution < -0.4 is 10.6 Å². The topological polar surface area (TPSA) is 58.2 Å². The van der Waals surface area contributed by atoms with E-state index in [-0.39, 0.29) is 11.8 Å². The van der Waals surface area contributed by atoms with Gasteiger partial charge in [0.25, 0.3) is 0 Å². The highest BCUT2D eigenvalue weighted by Crippen LogP contribution is 2.47. The van der Waals surface area contributed by atoms with Gasteiger partial charge in [-0.2, -0.15) is 0 Å². The average molecular weight is 377 g/mol. The lowest BCUT2D eigenvalue weighted by Crippen LogP contribution is -2.35. The zero-order valence-corrected chi connectivity index (χ0v) is 15.2. The zero-order chi connectivity index (χ0) is 18.0. The fourth-order valence-corrected chi connectivity index (χ4v) is 3.28. The van der Waals surface area contributed by atoms with Crippen LogP contribution >= 0.6 is 23.2 Å². The number of nitrogens with one attached hydrogen (secondary N) is 2. The number of anilines is 2. The molecule has 1 aliphatic rings. The number of hydrogen-bond donors (Lipinski definition) is 2. The first-order chi connectivity index (χ1) is 11.9. The van der Waals surface area contributed by atoms with Crippen LogP contribution in [0.1, 0.15) is 25.3 Å². The predicted octanol–water partition coefficient (Wildman–Crippen LogP) is 4.91. The molecular formula is C19H18Cl2N2O2. The molecule has 2 amide bonds. The third kappa shape index (κ3) is 3.80. The lowest BCUT2D eigenvalue weighted by Gasteiger charge is -2.17. The number of benzene rings is 2. The quantitative estimate of drug-likeness (QED) is 0.728. The second kappa shape index (κ2) is 7.06. The molecule has 6 heteroatoms. The van der Waals surface area contributed by atoms with Gasteiger partial charge in [0.1, 0.15) is 5.41 Å². The van der Waals surface area contributed by atoms with Crippen LogP contribution in [0, 0.1) is 5.41 Å². The minimum absolute atomic E-state index is 0.279. The zero-order valence-electron chi connectivity index (χ0n) is 13.7. The summed E-state index contributed by atoms with van der Waals surface area (Å²) in [6.07, 6.45) is 1.84. The van der Waals surface area contributed by atoms with Crippen LogP contribution in [-0.4, -0.2) is 11.8 Å². The van der Waals surface area contributed by atoms with Crippen molar-refractivity contribution in [2.75, 3.05) is 10.6 Å². The molecule has 1 aliphatic carbocycles. The van der Waals surface area contributed by atoms with Gasteiger partial charge in [-0.1, -0.05) is 48.3 Å². The molecule has 0 spiro atoms. The highest BCUT2D eigenvalue weighted by molar-refractivity contribution is 6.35. The van der Waals surface area contributed by atoms with Gasteiger partial charge in [0, 0.05) is 21.4 Å². The fourth-order valence-electron chi connectivity index (χ4n) is 2.75. The Morgan fingerprint density at radius 3 is 2.20 bits per heavy atom. The minimum Gasteiger partial charge on any atom is -0.325 e. The number of aryl methyl sites for hydroxylation is 1. The molecule has 2 aromatic carbocycles. The number of carbonyl (C=O) groups is 2. The van der Waals surface area contributed by atoms with Crippen LogP contribution in [0.25, 0.3) is 0 Å². The Balaban J connectivity index is 1.74. The van der Waals surface area contributed by atoms with Crippen molar-refractivity contribution in [1.82, 2.24) is 0 Å². The van der Waals surface area contributed by atoms with E-state index in [1.807, 2.05) is 31.2 Å². The SMILES string of the molecule is CCc1ccccc1NC(=O)C1(C(=O)Nc2cc(Cl)cc(Cl)c2)CC1. The van der Waals surface area contributed by atoms with Crippen molar-refractivity contribution in [3.8, 4) is 0 Å². The van der Waals surface area contributed by atoms with E-state index in [1.54, 1.807) is 18.2 Å². The Morgan fingerprint density at radius 1 is 1.00 bits per heavy atom. The number of rotatable bonds is 5. The van der Waals surface area contributed by atoms with Gasteiger partial charge >= 0.3 is 0 Å². The second-order valence-electron chi connectivity index (χ2n) is 6.16. The standard InChI is InChI=1S/C19H18Cl2N2O2/c1-2-12-5-3-4-6-16(12)23-18(25)19(7-8-19)17(24)22-15-10-13(20)9-14(21)11-15/h3-6,9-11H,2,7-8H2,1H3,(H,22,24)(H,23,25). The van der Waals surface area contributed by atoms with E-state index in [1.165, 1.54) is 0 Å². The molecule has 3 rings (SSSR count). The summed E-state index contributed by atoms with van der Waals surface area (Å²) in [5.74, 6) is -0.615. The average Bonchev–Trinajstić information content (AvgIpc) is 3.36. The molecule has 2 N–H and O–H groups in total. The smallest absolute Gasteiger partial charge is 0.240 e. The Hall–Kier alpha value is -2.04. The van der Waals surface area contributed by atoms with Gasteiger partial charge < -0.3 is 10.6 Å². The van der Waals surface area contributed by atoms with Crippen molar-refractivity contribution in [3.63, 3.8) is 0 Å². The van der Waals surface area contributed by atoms with Crippen molar-refractivity contribution >= 4 is 46.4 Å². The van der Waals surface area contributed by atoms with Crippen molar-refractivity contribution in [2.45, 2.75) is 26.2 Å². The molecule has 0 aromatic heterocycles. The van der Waals surface area contributed by atoms with Gasteiger partial charge in [0.15, 0.2) is 0 Å². The number of halogens is 2. The third-order valence-corrected chi connectivity index (χ3v) is 4.82. The van der Waals surface area contributed by atoms with Crippen LogP contribution in [-0.2, 0) is 16.0 Å². The van der Waals surface area contributed by atoms with Crippen molar-refractivity contribution in [1.29, 1.82) is 0 Å². The lowest BCUT2D eigenvalue weighted by molar-refractivity contribution is -0.131. The summed E-state index contributed by atoms with van der Waals surface area (Å²) in [4.78, 5) is 25.4. The minimum atomic E-state index is -1.03. The highest BCUT2D eigenvalue weighted by atomic mass is 35.5. The summed E-state index contributed by atoms with van der Waals surface area (Å²) in [6, 6.07) is 12.4. The second-order valence-corrected chi connectivity index (χ2v) is 7.03. The number of para-hydroxylation sites is 1. The summed E-state index contributed by atoms with van der Waals surface area (Å²) in [5, 5.41) is 6.50. The molecule has 1 saturated carbocycles. The molecule has 25 heavy (non-hydrogen) atoms. The molecule has 0 atom stereocenters. The van der Waals surface area contributed by atoms with Crippen LogP contribution in [0.3, 0.4) is 0 Å². The lowest BCUT2D eigenvalue weighted by atomic mass is 10.0. The first kappa shape index (κ1) is 17.8. The summed E-state index contributed by atoms with van der Waals surface area (Å²) in [5.41, 5.74) is 1.24. The van der Waals surface area contributed by atoms with Crippen LogP contribution in [0.2, 0.25) is 10.0 Å². The van der Waals surface area contributed by atoms with E-state index >= 15 is 0 Å². The summed E-state index contributed by atoms with van der Waals surface area (Å²) >= 11 is 11.9. The van der Waals surface area contributed by atoms with E-state index in [0.29, 0.717) is 28.6 Å². The van der Waals surface area contributed by atoms with Crippen LogP contribution in [0.4, 0.5) is 11.4 Å². The van der Waals surface area contributed by atoms with Gasteiger partial charge in [-0.05, 0) is 49.1 Å². The molecular weight excluding hydrogens is 359 g/mol. The van der Waals surface area contributed by atoms with Crippen molar-refractivity contribution in [3.05, 3.63) is 58.1 Å². The molecule has 0 aliphatic heterocycles. The predicted molar refractivity (Wildman–Crippen MR) is 101 cm³/mol. The van der Waals surface area contributed by atoms with Gasteiger partial charge in [-0.25, -0.2) is 0 Å². The Morgan fingerprint density at radius 2 is 1.60 bits per heavy atom. The maximum absolute atomic E-state index is 12.7. The molecule has 0 unspecified atom stereocenters. The maximum atomic E-state index is 12.7. The summed E-state index contributed by atoms with van der Waals surface area (Å²) < 4.78 is 0. The van der Waals surface area contributed by atoms with Crippen LogP contribution in [0.15, 0.2) is 42.5 Å². The van der Waals surface area contributed by atoms with E-state index in [4.69, 9.17) is 23.2 Å². The normalized spacial score (nSPS) is 14.7. The Kier molecular flexibility index (Phi) is 5.02. The first-order valence-electron chi connectivity index (χ1n) is 8.11. The van der Waals surface area contributed by atoms with E-state index < -0.39 is 5.41 Å². The molecule has 0 bridgehead atoms. The van der Waals surface area contributed by atoms with Crippen LogP contribution in [0.5, 0.6) is 0 Å². The van der Waals surface area contributed by atoms with E-state index in [2.05, 4.69) is 10.6 Å². The van der Waals surface area contributed by atoms with Gasteiger partial charge in [0.2, 0.25) is 11.8 Å². The number of hydrogen-bond acceptors (Lipinski definition) is 2. The molecule has 4 nitrogen and oxygen atoms in total. The number of carbonyl (C=O) groups excluding carboxylic acids is 2. The highest BCUT2D eigenvalue weighted by Gasteiger charge is 2.56. The fraction of sp³-hybridized carbons (Fsp3) is 0.263.